The number of fused-ring (bicyclic) bond motifs is 3. The van der Waals surface area contributed by atoms with Gasteiger partial charge < -0.3 is 4.42 Å². The largest absolute Gasteiger partial charge is 0.455 e. The quantitative estimate of drug-likeness (QED) is 0.184. The van der Waals surface area contributed by atoms with E-state index in [1.165, 1.54) is 0 Å². The van der Waals surface area contributed by atoms with Gasteiger partial charge in [-0.1, -0.05) is 152 Å². The van der Waals surface area contributed by atoms with Gasteiger partial charge in [0, 0.05) is 33.0 Å². The lowest BCUT2D eigenvalue weighted by molar-refractivity contribution is 0.670. The van der Waals surface area contributed by atoms with Crippen molar-refractivity contribution >= 4 is 21.9 Å². The third-order valence-electron chi connectivity index (χ3n) is 9.10. The first-order chi connectivity index (χ1) is 24.3. The highest BCUT2D eigenvalue weighted by molar-refractivity contribution is 6.09. The number of hydrogen-bond donors (Lipinski definition) is 0. The molecule has 0 aliphatic heterocycles. The summed E-state index contributed by atoms with van der Waals surface area (Å²) in [5, 5.41) is 2.22. The van der Waals surface area contributed by atoms with E-state index >= 15 is 0 Å². The maximum atomic E-state index is 6.51. The molecule has 0 saturated heterocycles. The number of para-hydroxylation sites is 2. The molecule has 9 rings (SSSR count). The van der Waals surface area contributed by atoms with Crippen LogP contribution in [0.25, 0.3) is 89.2 Å². The smallest absolute Gasteiger partial charge is 0.160 e. The van der Waals surface area contributed by atoms with Crippen LogP contribution >= 0.6 is 0 Å². The van der Waals surface area contributed by atoms with Crippen molar-refractivity contribution in [1.82, 2.24) is 9.97 Å². The van der Waals surface area contributed by atoms with Crippen LogP contribution in [0, 0.1) is 0 Å². The van der Waals surface area contributed by atoms with Gasteiger partial charge in [-0.15, -0.1) is 0 Å². The minimum Gasteiger partial charge on any atom is -0.455 e. The molecule has 0 radical (unpaired) electrons. The molecule has 0 amide bonds. The number of aromatic nitrogens is 2. The highest BCUT2D eigenvalue weighted by Crippen LogP contribution is 2.40. The van der Waals surface area contributed by atoms with Crippen molar-refractivity contribution in [3.8, 4) is 67.3 Å². The topological polar surface area (TPSA) is 38.9 Å². The summed E-state index contributed by atoms with van der Waals surface area (Å²) in [4.78, 5) is 10.4. The molecule has 0 N–H and O–H groups in total. The molecule has 0 atom stereocenters. The van der Waals surface area contributed by atoms with E-state index in [1.54, 1.807) is 0 Å². The van der Waals surface area contributed by atoms with Gasteiger partial charge in [-0.2, -0.15) is 0 Å². The Hall–Kier alpha value is -6.58. The van der Waals surface area contributed by atoms with Gasteiger partial charge >= 0.3 is 0 Å². The van der Waals surface area contributed by atoms with Crippen molar-refractivity contribution in [2.75, 3.05) is 0 Å². The lowest BCUT2D eigenvalue weighted by atomic mass is 9.93. The van der Waals surface area contributed by atoms with E-state index in [1.807, 2.05) is 36.4 Å². The van der Waals surface area contributed by atoms with Crippen LogP contribution in [-0.4, -0.2) is 9.97 Å². The Balaban J connectivity index is 1.30. The summed E-state index contributed by atoms with van der Waals surface area (Å²) in [6.45, 7) is 0. The average Bonchev–Trinajstić information content (AvgIpc) is 3.58. The molecule has 0 aliphatic carbocycles. The lowest BCUT2D eigenvalue weighted by Gasteiger charge is -2.15. The zero-order valence-corrected chi connectivity index (χ0v) is 26.6. The Morgan fingerprint density at radius 3 is 1.65 bits per heavy atom. The van der Waals surface area contributed by atoms with Crippen molar-refractivity contribution in [2.45, 2.75) is 0 Å². The fourth-order valence-electron chi connectivity index (χ4n) is 6.73. The molecular weight excluding hydrogens is 597 g/mol. The summed E-state index contributed by atoms with van der Waals surface area (Å²) in [5.41, 5.74) is 13.1. The van der Waals surface area contributed by atoms with Crippen molar-refractivity contribution < 1.29 is 4.42 Å². The van der Waals surface area contributed by atoms with E-state index < -0.39 is 0 Å². The molecule has 9 aromatic rings. The predicted molar refractivity (Wildman–Crippen MR) is 202 cm³/mol. The Morgan fingerprint density at radius 1 is 0.327 bits per heavy atom. The molecule has 0 fully saturated rings. The van der Waals surface area contributed by atoms with E-state index in [2.05, 4.69) is 146 Å². The molecule has 0 unspecified atom stereocenters. The molecule has 49 heavy (non-hydrogen) atoms. The van der Waals surface area contributed by atoms with Crippen molar-refractivity contribution in [3.05, 3.63) is 182 Å². The van der Waals surface area contributed by atoms with Crippen LogP contribution in [-0.2, 0) is 0 Å². The second-order valence-electron chi connectivity index (χ2n) is 12.2. The fraction of sp³-hybridized carbons (Fsp3) is 0. The molecule has 2 aromatic heterocycles. The van der Waals surface area contributed by atoms with Gasteiger partial charge in [0.15, 0.2) is 5.82 Å². The van der Waals surface area contributed by atoms with Crippen LogP contribution in [0.5, 0.6) is 0 Å². The van der Waals surface area contributed by atoms with Crippen LogP contribution in [0.4, 0.5) is 0 Å². The number of hydrogen-bond acceptors (Lipinski definition) is 3. The van der Waals surface area contributed by atoms with Crippen LogP contribution in [0.3, 0.4) is 0 Å². The molecule has 7 aromatic carbocycles. The van der Waals surface area contributed by atoms with E-state index in [0.717, 1.165) is 83.4 Å². The lowest BCUT2D eigenvalue weighted by Crippen LogP contribution is -1.97. The van der Waals surface area contributed by atoms with Crippen molar-refractivity contribution in [2.24, 2.45) is 0 Å². The highest BCUT2D eigenvalue weighted by atomic mass is 16.3. The average molecular weight is 627 g/mol. The maximum Gasteiger partial charge on any atom is 0.160 e. The SMILES string of the molecule is c1ccc(-c2cc(-c3cc(-c4ccccc4-c4ccccc4)nc(-c4ccccc4)n3)cc(-c3cccc4c3oc3ccccc34)c2)cc1. The summed E-state index contributed by atoms with van der Waals surface area (Å²) in [5.74, 6) is 0.682. The first-order valence-electron chi connectivity index (χ1n) is 16.5. The summed E-state index contributed by atoms with van der Waals surface area (Å²) in [7, 11) is 0. The second-order valence-corrected chi connectivity index (χ2v) is 12.2. The van der Waals surface area contributed by atoms with Crippen LogP contribution in [0.1, 0.15) is 0 Å². The minimum absolute atomic E-state index is 0.682. The van der Waals surface area contributed by atoms with Gasteiger partial charge in [0.05, 0.1) is 11.4 Å². The van der Waals surface area contributed by atoms with E-state index in [-0.39, 0.29) is 0 Å². The summed E-state index contributed by atoms with van der Waals surface area (Å²) < 4.78 is 6.51. The Morgan fingerprint density at radius 2 is 0.878 bits per heavy atom. The maximum absolute atomic E-state index is 6.51. The van der Waals surface area contributed by atoms with Gasteiger partial charge in [0.1, 0.15) is 11.2 Å². The van der Waals surface area contributed by atoms with Gasteiger partial charge in [0.25, 0.3) is 0 Å². The minimum atomic E-state index is 0.682. The molecule has 0 bridgehead atoms. The Labute approximate surface area is 284 Å². The van der Waals surface area contributed by atoms with E-state index in [0.29, 0.717) is 5.82 Å². The summed E-state index contributed by atoms with van der Waals surface area (Å²) in [6, 6.07) is 63.2. The number of benzene rings is 7. The van der Waals surface area contributed by atoms with Gasteiger partial charge in [-0.25, -0.2) is 9.97 Å². The summed E-state index contributed by atoms with van der Waals surface area (Å²) >= 11 is 0. The molecule has 0 aliphatic rings. The molecule has 0 spiro atoms. The first-order valence-corrected chi connectivity index (χ1v) is 16.5. The van der Waals surface area contributed by atoms with Crippen LogP contribution < -0.4 is 0 Å². The third-order valence-corrected chi connectivity index (χ3v) is 9.10. The Kier molecular flexibility index (Phi) is 7.14. The second kappa shape index (κ2) is 12.2. The van der Waals surface area contributed by atoms with E-state index in [4.69, 9.17) is 14.4 Å². The number of nitrogens with zero attached hydrogens (tertiary/aromatic N) is 2. The molecule has 2 heterocycles. The monoisotopic (exact) mass is 626 g/mol. The molecular formula is C46H30N2O. The van der Waals surface area contributed by atoms with Crippen LogP contribution in [0.15, 0.2) is 186 Å². The van der Waals surface area contributed by atoms with Gasteiger partial charge in [0.2, 0.25) is 0 Å². The normalized spacial score (nSPS) is 11.3. The highest BCUT2D eigenvalue weighted by Gasteiger charge is 2.17. The molecule has 0 saturated carbocycles. The van der Waals surface area contributed by atoms with Crippen LogP contribution in [0.2, 0.25) is 0 Å². The first kappa shape index (κ1) is 28.6. The molecule has 3 heteroatoms. The van der Waals surface area contributed by atoms with Gasteiger partial charge in [-0.05, 0) is 58.1 Å². The molecule has 3 nitrogen and oxygen atoms in total. The van der Waals surface area contributed by atoms with E-state index in [9.17, 15) is 0 Å². The molecule has 230 valence electrons. The predicted octanol–water partition coefficient (Wildman–Crippen LogP) is 12.4. The standard InChI is InChI=1S/C46H30N2O/c1-4-15-31(16-5-1)34-27-35(38-24-14-25-41-40-23-12-13-26-44(40)49-45(38)41)29-36(28-34)42-30-43(48-46(47-42)33-19-8-3-9-20-33)39-22-11-10-21-37(39)32-17-6-2-7-18-32/h1-30H. The van der Waals surface area contributed by atoms with Crippen molar-refractivity contribution in [3.63, 3.8) is 0 Å². The zero-order chi connectivity index (χ0) is 32.6. The van der Waals surface area contributed by atoms with Crippen molar-refractivity contribution in [1.29, 1.82) is 0 Å². The fourth-order valence-corrected chi connectivity index (χ4v) is 6.73. The Bertz CT molecular complexity index is 2590. The number of furan rings is 1. The summed E-state index contributed by atoms with van der Waals surface area (Å²) in [6.07, 6.45) is 0. The third kappa shape index (κ3) is 5.38. The van der Waals surface area contributed by atoms with Gasteiger partial charge in [-0.3, -0.25) is 0 Å². The number of rotatable bonds is 6. The zero-order valence-electron chi connectivity index (χ0n) is 26.6.